The molecule has 0 amide bonds. The molecule has 2 nitrogen and oxygen atoms in total. The number of hydrogen-bond acceptors (Lipinski definition) is 2. The fourth-order valence-electron chi connectivity index (χ4n) is 2.69. The minimum Gasteiger partial charge on any atom is -0.314 e. The second-order valence-corrected chi connectivity index (χ2v) is 5.46. The number of hydrogen-bond donors (Lipinski definition) is 1. The molecule has 0 aliphatic carbocycles. The van der Waals surface area contributed by atoms with Crippen molar-refractivity contribution >= 4 is 0 Å². The lowest BCUT2D eigenvalue weighted by atomic mass is 10.1. The molecule has 1 aliphatic rings. The van der Waals surface area contributed by atoms with E-state index in [4.69, 9.17) is 0 Å². The normalized spacial score (nSPS) is 19.4. The molecule has 1 saturated heterocycles. The topological polar surface area (TPSA) is 15.3 Å². The lowest BCUT2D eigenvalue weighted by molar-refractivity contribution is 0.224. The van der Waals surface area contributed by atoms with E-state index in [-0.39, 0.29) is 0 Å². The van der Waals surface area contributed by atoms with Gasteiger partial charge in [-0.05, 0) is 58.3 Å². The van der Waals surface area contributed by atoms with Gasteiger partial charge in [-0.25, -0.2) is 0 Å². The zero-order chi connectivity index (χ0) is 12.3. The van der Waals surface area contributed by atoms with Crippen molar-refractivity contribution in [2.75, 3.05) is 26.2 Å². The molecule has 1 atom stereocenters. The van der Waals surface area contributed by atoms with Crippen LogP contribution in [0.5, 0.6) is 0 Å². The van der Waals surface area contributed by atoms with Crippen LogP contribution >= 0.6 is 0 Å². The van der Waals surface area contributed by atoms with Crippen molar-refractivity contribution in [3.05, 3.63) is 0 Å². The van der Waals surface area contributed by atoms with E-state index in [9.17, 15) is 0 Å². The third-order valence-electron chi connectivity index (χ3n) is 3.93. The number of nitrogens with one attached hydrogen (secondary N) is 1. The molecule has 0 radical (unpaired) electrons. The summed E-state index contributed by atoms with van der Waals surface area (Å²) in [6.07, 6.45) is 10.9. The van der Waals surface area contributed by atoms with Crippen LogP contribution in [0.15, 0.2) is 0 Å². The number of likely N-dealkylation sites (tertiary alicyclic amines) is 1. The van der Waals surface area contributed by atoms with Gasteiger partial charge in [0.25, 0.3) is 0 Å². The maximum atomic E-state index is 3.72. The van der Waals surface area contributed by atoms with Crippen LogP contribution in [-0.4, -0.2) is 37.1 Å². The quantitative estimate of drug-likeness (QED) is 0.621. The summed E-state index contributed by atoms with van der Waals surface area (Å²) in [4.78, 5) is 2.64. The SMILES string of the molecule is CCCCC(CC)NCCCN1CCCCC1. The molecule has 0 saturated carbocycles. The van der Waals surface area contributed by atoms with Gasteiger partial charge < -0.3 is 10.2 Å². The number of unbranched alkanes of at least 4 members (excludes halogenated alkanes) is 1. The Morgan fingerprint density at radius 1 is 1.06 bits per heavy atom. The first kappa shape index (κ1) is 15.0. The first-order valence-electron chi connectivity index (χ1n) is 7.82. The smallest absolute Gasteiger partial charge is 0.00644 e. The molecule has 0 aromatic rings. The molecular formula is C15H32N2. The van der Waals surface area contributed by atoms with Crippen molar-refractivity contribution < 1.29 is 0 Å². The molecule has 1 unspecified atom stereocenters. The van der Waals surface area contributed by atoms with Crippen molar-refractivity contribution in [3.8, 4) is 0 Å². The van der Waals surface area contributed by atoms with Crippen molar-refractivity contribution in [1.29, 1.82) is 0 Å². The highest BCUT2D eigenvalue weighted by atomic mass is 15.1. The Bertz CT molecular complexity index is 164. The molecule has 1 fully saturated rings. The molecule has 2 heteroatoms. The number of nitrogens with zero attached hydrogens (tertiary/aromatic N) is 1. The molecule has 1 heterocycles. The van der Waals surface area contributed by atoms with Crippen LogP contribution in [-0.2, 0) is 0 Å². The molecule has 102 valence electrons. The van der Waals surface area contributed by atoms with Gasteiger partial charge >= 0.3 is 0 Å². The zero-order valence-electron chi connectivity index (χ0n) is 12.0. The lowest BCUT2D eigenvalue weighted by Gasteiger charge is -2.26. The third kappa shape index (κ3) is 7.05. The van der Waals surface area contributed by atoms with Gasteiger partial charge in [-0.1, -0.05) is 33.1 Å². The van der Waals surface area contributed by atoms with Gasteiger partial charge in [-0.15, -0.1) is 0 Å². The van der Waals surface area contributed by atoms with Crippen LogP contribution in [0.3, 0.4) is 0 Å². The molecule has 0 spiro atoms. The van der Waals surface area contributed by atoms with Crippen LogP contribution in [0, 0.1) is 0 Å². The van der Waals surface area contributed by atoms with Gasteiger partial charge in [0.15, 0.2) is 0 Å². The summed E-state index contributed by atoms with van der Waals surface area (Å²) >= 11 is 0. The van der Waals surface area contributed by atoms with Crippen molar-refractivity contribution in [2.24, 2.45) is 0 Å². The molecule has 1 N–H and O–H groups in total. The summed E-state index contributed by atoms with van der Waals surface area (Å²) in [5.74, 6) is 0. The van der Waals surface area contributed by atoms with E-state index in [0.717, 1.165) is 6.04 Å². The summed E-state index contributed by atoms with van der Waals surface area (Å²) in [5, 5.41) is 3.72. The second kappa shape index (κ2) is 9.90. The highest BCUT2D eigenvalue weighted by molar-refractivity contribution is 4.67. The van der Waals surface area contributed by atoms with Crippen LogP contribution in [0.2, 0.25) is 0 Å². The average molecular weight is 240 g/mol. The Balaban J connectivity index is 1.97. The van der Waals surface area contributed by atoms with E-state index in [0.29, 0.717) is 0 Å². The molecule has 1 rings (SSSR count). The summed E-state index contributed by atoms with van der Waals surface area (Å²) in [7, 11) is 0. The van der Waals surface area contributed by atoms with Gasteiger partial charge in [0.05, 0.1) is 0 Å². The van der Waals surface area contributed by atoms with Crippen LogP contribution in [0.4, 0.5) is 0 Å². The summed E-state index contributed by atoms with van der Waals surface area (Å²) in [6, 6.07) is 0.760. The summed E-state index contributed by atoms with van der Waals surface area (Å²) in [6.45, 7) is 9.77. The summed E-state index contributed by atoms with van der Waals surface area (Å²) in [5.41, 5.74) is 0. The Morgan fingerprint density at radius 2 is 1.82 bits per heavy atom. The largest absolute Gasteiger partial charge is 0.314 e. The fourth-order valence-corrected chi connectivity index (χ4v) is 2.69. The van der Waals surface area contributed by atoms with Crippen molar-refractivity contribution in [1.82, 2.24) is 10.2 Å². The van der Waals surface area contributed by atoms with E-state index in [1.807, 2.05) is 0 Å². The van der Waals surface area contributed by atoms with E-state index in [1.54, 1.807) is 0 Å². The first-order chi connectivity index (χ1) is 8.36. The second-order valence-electron chi connectivity index (χ2n) is 5.46. The highest BCUT2D eigenvalue weighted by Gasteiger charge is 2.09. The van der Waals surface area contributed by atoms with Gasteiger partial charge in [-0.2, -0.15) is 0 Å². The molecule has 0 bridgehead atoms. The molecule has 17 heavy (non-hydrogen) atoms. The van der Waals surface area contributed by atoms with E-state index >= 15 is 0 Å². The number of piperidine rings is 1. The fraction of sp³-hybridized carbons (Fsp3) is 1.00. The average Bonchev–Trinajstić information content (AvgIpc) is 2.39. The predicted molar refractivity (Wildman–Crippen MR) is 76.5 cm³/mol. The Labute approximate surface area is 108 Å². The maximum absolute atomic E-state index is 3.72. The standard InChI is InChI=1S/C15H32N2/c1-3-5-10-15(4-2)16-11-9-14-17-12-7-6-8-13-17/h15-16H,3-14H2,1-2H3. The molecule has 0 aromatic heterocycles. The van der Waals surface area contributed by atoms with E-state index in [2.05, 4.69) is 24.1 Å². The Hall–Kier alpha value is -0.0800. The minimum atomic E-state index is 0.760. The summed E-state index contributed by atoms with van der Waals surface area (Å²) < 4.78 is 0. The predicted octanol–water partition coefficient (Wildman–Crippen LogP) is 3.42. The zero-order valence-corrected chi connectivity index (χ0v) is 12.0. The van der Waals surface area contributed by atoms with Gasteiger partial charge in [-0.3, -0.25) is 0 Å². The Kier molecular flexibility index (Phi) is 8.72. The Morgan fingerprint density at radius 3 is 2.47 bits per heavy atom. The van der Waals surface area contributed by atoms with Gasteiger partial charge in [0, 0.05) is 6.04 Å². The monoisotopic (exact) mass is 240 g/mol. The molecular weight excluding hydrogens is 208 g/mol. The van der Waals surface area contributed by atoms with E-state index in [1.165, 1.54) is 77.5 Å². The van der Waals surface area contributed by atoms with E-state index < -0.39 is 0 Å². The van der Waals surface area contributed by atoms with Crippen LogP contribution in [0.25, 0.3) is 0 Å². The third-order valence-corrected chi connectivity index (χ3v) is 3.93. The molecule has 1 aliphatic heterocycles. The number of rotatable bonds is 9. The maximum Gasteiger partial charge on any atom is 0.00644 e. The minimum absolute atomic E-state index is 0.760. The van der Waals surface area contributed by atoms with Gasteiger partial charge in [0.2, 0.25) is 0 Å². The van der Waals surface area contributed by atoms with Crippen molar-refractivity contribution in [3.63, 3.8) is 0 Å². The van der Waals surface area contributed by atoms with Gasteiger partial charge in [0.1, 0.15) is 0 Å². The molecule has 0 aromatic carbocycles. The first-order valence-corrected chi connectivity index (χ1v) is 7.82. The highest BCUT2D eigenvalue weighted by Crippen LogP contribution is 2.09. The van der Waals surface area contributed by atoms with Crippen molar-refractivity contribution in [2.45, 2.75) is 71.3 Å². The lowest BCUT2D eigenvalue weighted by Crippen LogP contribution is -2.34. The van der Waals surface area contributed by atoms with Crippen LogP contribution in [0.1, 0.15) is 65.2 Å². The van der Waals surface area contributed by atoms with Crippen LogP contribution < -0.4 is 5.32 Å².